The van der Waals surface area contributed by atoms with E-state index in [0.717, 1.165) is 5.56 Å². The van der Waals surface area contributed by atoms with Crippen LogP contribution in [0.15, 0.2) is 12.1 Å². The van der Waals surface area contributed by atoms with E-state index in [4.69, 9.17) is 15.2 Å². The van der Waals surface area contributed by atoms with E-state index in [-0.39, 0.29) is 11.8 Å². The number of methoxy groups -OCH3 is 1. The van der Waals surface area contributed by atoms with Gasteiger partial charge >= 0.3 is 0 Å². The molecule has 4 heteroatoms. The maximum absolute atomic E-state index is 9.34. The molecule has 1 heterocycles. The lowest BCUT2D eigenvalue weighted by Crippen LogP contribution is -2.10. The third-order valence-electron chi connectivity index (χ3n) is 2.09. The number of phenolic OH excluding ortho intramolecular Hbond substituents is 1. The van der Waals surface area contributed by atoms with Crippen LogP contribution in [0.2, 0.25) is 0 Å². The molecule has 0 saturated heterocycles. The lowest BCUT2D eigenvalue weighted by molar-refractivity contribution is 0.310. The molecule has 0 bridgehead atoms. The van der Waals surface area contributed by atoms with E-state index in [1.165, 1.54) is 13.2 Å². The number of ether oxygens (including phenoxy) is 2. The fraction of sp³-hybridized carbons (Fsp3) is 0.333. The van der Waals surface area contributed by atoms with Crippen LogP contribution in [0, 0.1) is 0 Å². The zero-order valence-electron chi connectivity index (χ0n) is 7.28. The van der Waals surface area contributed by atoms with Crippen LogP contribution >= 0.6 is 0 Å². The molecule has 70 valence electrons. The predicted molar refractivity (Wildman–Crippen MR) is 47.1 cm³/mol. The molecule has 0 saturated carbocycles. The van der Waals surface area contributed by atoms with Crippen molar-refractivity contribution in [1.82, 2.24) is 0 Å². The zero-order chi connectivity index (χ0) is 9.42. The summed E-state index contributed by atoms with van der Waals surface area (Å²) in [6.45, 7) is 0.440. The van der Waals surface area contributed by atoms with E-state index in [1.54, 1.807) is 6.07 Å². The Morgan fingerprint density at radius 2 is 2.38 bits per heavy atom. The molecule has 1 aromatic rings. The molecule has 1 aliphatic heterocycles. The van der Waals surface area contributed by atoms with Crippen molar-refractivity contribution in [2.75, 3.05) is 13.7 Å². The highest BCUT2D eigenvalue weighted by Crippen LogP contribution is 2.41. The van der Waals surface area contributed by atoms with E-state index in [9.17, 15) is 5.11 Å². The summed E-state index contributed by atoms with van der Waals surface area (Å²) < 4.78 is 10.4. The Hall–Kier alpha value is -1.42. The standard InChI is InChI=1S/C9H11NO3/c1-12-8-3-5(11)2-6-7(10)4-13-9(6)8/h2-3,7,11H,4,10H2,1H3/t7-/m0/s1. The number of fused-ring (bicyclic) bond motifs is 1. The van der Waals surface area contributed by atoms with Gasteiger partial charge < -0.3 is 20.3 Å². The van der Waals surface area contributed by atoms with Crippen LogP contribution in [0.4, 0.5) is 0 Å². The van der Waals surface area contributed by atoms with Crippen LogP contribution in [-0.2, 0) is 0 Å². The second kappa shape index (κ2) is 2.81. The Kier molecular flexibility index (Phi) is 1.77. The normalized spacial score (nSPS) is 19.4. The van der Waals surface area contributed by atoms with E-state index in [0.29, 0.717) is 18.1 Å². The highest BCUT2D eigenvalue weighted by Gasteiger charge is 2.25. The average molecular weight is 181 g/mol. The Morgan fingerprint density at radius 1 is 1.62 bits per heavy atom. The number of benzene rings is 1. The minimum atomic E-state index is -0.170. The SMILES string of the molecule is COc1cc(O)cc2c1OC[C@@H]2N. The monoisotopic (exact) mass is 181 g/mol. The topological polar surface area (TPSA) is 64.7 Å². The van der Waals surface area contributed by atoms with Gasteiger partial charge in [-0.05, 0) is 6.07 Å². The highest BCUT2D eigenvalue weighted by atomic mass is 16.5. The molecule has 2 rings (SSSR count). The number of phenols is 1. The van der Waals surface area contributed by atoms with Crippen molar-refractivity contribution in [3.63, 3.8) is 0 Å². The van der Waals surface area contributed by atoms with Crippen LogP contribution in [0.25, 0.3) is 0 Å². The molecule has 0 unspecified atom stereocenters. The van der Waals surface area contributed by atoms with Crippen molar-refractivity contribution in [2.24, 2.45) is 5.73 Å². The molecule has 3 N–H and O–H groups in total. The van der Waals surface area contributed by atoms with E-state index in [1.807, 2.05) is 0 Å². The largest absolute Gasteiger partial charge is 0.508 e. The van der Waals surface area contributed by atoms with Gasteiger partial charge in [0.05, 0.1) is 13.2 Å². The van der Waals surface area contributed by atoms with Gasteiger partial charge in [-0.15, -0.1) is 0 Å². The lowest BCUT2D eigenvalue weighted by atomic mass is 10.1. The molecular weight excluding hydrogens is 170 g/mol. The molecule has 0 aliphatic carbocycles. The smallest absolute Gasteiger partial charge is 0.166 e. The second-order valence-corrected chi connectivity index (χ2v) is 2.98. The Labute approximate surface area is 75.9 Å². The van der Waals surface area contributed by atoms with Crippen molar-refractivity contribution >= 4 is 0 Å². The van der Waals surface area contributed by atoms with Crippen molar-refractivity contribution < 1.29 is 14.6 Å². The predicted octanol–water partition coefficient (Wildman–Crippen LogP) is 0.793. The molecule has 0 spiro atoms. The van der Waals surface area contributed by atoms with Crippen LogP contribution in [0.3, 0.4) is 0 Å². The lowest BCUT2D eigenvalue weighted by Gasteiger charge is -2.07. The molecular formula is C9H11NO3. The maximum atomic E-state index is 9.34. The minimum absolute atomic E-state index is 0.150. The van der Waals surface area contributed by atoms with Gasteiger partial charge in [-0.1, -0.05) is 0 Å². The van der Waals surface area contributed by atoms with Gasteiger partial charge in [-0.2, -0.15) is 0 Å². The fourth-order valence-electron chi connectivity index (χ4n) is 1.45. The summed E-state index contributed by atoms with van der Waals surface area (Å²) in [4.78, 5) is 0. The van der Waals surface area contributed by atoms with Crippen LogP contribution in [0.1, 0.15) is 11.6 Å². The fourth-order valence-corrected chi connectivity index (χ4v) is 1.45. The molecule has 1 aliphatic rings. The van der Waals surface area contributed by atoms with E-state index < -0.39 is 0 Å². The molecule has 0 fully saturated rings. The summed E-state index contributed by atoms with van der Waals surface area (Å²) in [5.41, 5.74) is 6.55. The number of hydrogen-bond donors (Lipinski definition) is 2. The summed E-state index contributed by atoms with van der Waals surface area (Å²) in [7, 11) is 1.53. The van der Waals surface area contributed by atoms with Crippen molar-refractivity contribution in [3.8, 4) is 17.2 Å². The molecule has 0 aromatic heterocycles. The first kappa shape index (κ1) is 8.19. The number of nitrogens with two attached hydrogens (primary N) is 1. The zero-order valence-corrected chi connectivity index (χ0v) is 7.28. The van der Waals surface area contributed by atoms with Crippen LogP contribution < -0.4 is 15.2 Å². The third kappa shape index (κ3) is 1.19. The Morgan fingerprint density at radius 3 is 3.08 bits per heavy atom. The maximum Gasteiger partial charge on any atom is 0.166 e. The summed E-state index contributed by atoms with van der Waals surface area (Å²) >= 11 is 0. The average Bonchev–Trinajstić information content (AvgIpc) is 2.47. The van der Waals surface area contributed by atoms with Crippen LogP contribution in [0.5, 0.6) is 17.2 Å². The van der Waals surface area contributed by atoms with Crippen molar-refractivity contribution in [1.29, 1.82) is 0 Å². The van der Waals surface area contributed by atoms with Gasteiger partial charge in [-0.25, -0.2) is 0 Å². The molecule has 0 amide bonds. The van der Waals surface area contributed by atoms with Gasteiger partial charge in [0.15, 0.2) is 11.5 Å². The second-order valence-electron chi connectivity index (χ2n) is 2.98. The molecule has 13 heavy (non-hydrogen) atoms. The van der Waals surface area contributed by atoms with Gasteiger partial charge in [0.25, 0.3) is 0 Å². The first-order valence-corrected chi connectivity index (χ1v) is 4.01. The van der Waals surface area contributed by atoms with Gasteiger partial charge in [0.2, 0.25) is 0 Å². The number of hydrogen-bond acceptors (Lipinski definition) is 4. The summed E-state index contributed by atoms with van der Waals surface area (Å²) in [5.74, 6) is 1.33. The molecule has 1 aromatic carbocycles. The summed E-state index contributed by atoms with van der Waals surface area (Å²) in [5, 5.41) is 9.34. The van der Waals surface area contributed by atoms with Gasteiger partial charge in [0.1, 0.15) is 12.4 Å². The third-order valence-corrected chi connectivity index (χ3v) is 2.09. The van der Waals surface area contributed by atoms with Gasteiger partial charge in [-0.3, -0.25) is 0 Å². The van der Waals surface area contributed by atoms with Crippen molar-refractivity contribution in [3.05, 3.63) is 17.7 Å². The molecule has 0 radical (unpaired) electrons. The first-order chi connectivity index (χ1) is 6.22. The minimum Gasteiger partial charge on any atom is -0.508 e. The van der Waals surface area contributed by atoms with E-state index in [2.05, 4.69) is 0 Å². The van der Waals surface area contributed by atoms with E-state index >= 15 is 0 Å². The summed E-state index contributed by atoms with van der Waals surface area (Å²) in [6, 6.07) is 2.95. The van der Waals surface area contributed by atoms with Crippen molar-refractivity contribution in [2.45, 2.75) is 6.04 Å². The van der Waals surface area contributed by atoms with Crippen LogP contribution in [-0.4, -0.2) is 18.8 Å². The highest BCUT2D eigenvalue weighted by molar-refractivity contribution is 5.54. The number of aromatic hydroxyl groups is 1. The Balaban J connectivity index is 2.56. The molecule has 4 nitrogen and oxygen atoms in total. The molecule has 1 atom stereocenters. The van der Waals surface area contributed by atoms with Gasteiger partial charge in [0, 0.05) is 11.6 Å². The number of rotatable bonds is 1. The first-order valence-electron chi connectivity index (χ1n) is 4.01. The summed E-state index contributed by atoms with van der Waals surface area (Å²) in [6.07, 6.45) is 0. The quantitative estimate of drug-likeness (QED) is 0.672. The Bertz CT molecular complexity index is 338.